The minimum atomic E-state index is -0.391. The Bertz CT molecular complexity index is 431. The molecule has 0 saturated heterocycles. The van der Waals surface area contributed by atoms with Crippen molar-refractivity contribution < 1.29 is 9.84 Å². The maximum absolute atomic E-state index is 9.70. The monoisotopic (exact) mass is 275 g/mol. The number of unbranched alkanes of at least 4 members (excludes halogenated alkanes) is 1. The Kier molecular flexibility index (Phi) is 6.54. The van der Waals surface area contributed by atoms with Crippen molar-refractivity contribution in [1.82, 2.24) is 0 Å². The Balaban J connectivity index is 2.28. The maximum Gasteiger partial charge on any atom is 0.119 e. The first-order valence-corrected chi connectivity index (χ1v) is 7.30. The van der Waals surface area contributed by atoms with E-state index in [-0.39, 0.29) is 5.41 Å². The number of hydrogen-bond acceptors (Lipinski definition) is 3. The molecule has 0 aliphatic rings. The van der Waals surface area contributed by atoms with Crippen LogP contribution in [-0.2, 0) is 0 Å². The predicted octanol–water partition coefficient (Wildman–Crippen LogP) is 4.23. The van der Waals surface area contributed by atoms with Crippen molar-refractivity contribution >= 4 is 0 Å². The van der Waals surface area contributed by atoms with Gasteiger partial charge < -0.3 is 9.84 Å². The first kappa shape index (κ1) is 16.5. The van der Waals surface area contributed by atoms with Gasteiger partial charge in [-0.1, -0.05) is 19.1 Å². The molecule has 1 N–H and O–H groups in total. The fourth-order valence-corrected chi connectivity index (χ4v) is 1.94. The lowest BCUT2D eigenvalue weighted by Crippen LogP contribution is -2.08. The lowest BCUT2D eigenvalue weighted by molar-refractivity contribution is 0.173. The van der Waals surface area contributed by atoms with Crippen molar-refractivity contribution in [2.45, 2.75) is 52.6 Å². The fraction of sp³-hybridized carbons (Fsp3) is 0.588. The second-order valence-electron chi connectivity index (χ2n) is 5.79. The van der Waals surface area contributed by atoms with Gasteiger partial charge in [0.1, 0.15) is 5.75 Å². The van der Waals surface area contributed by atoms with E-state index in [2.05, 4.69) is 6.07 Å². The van der Waals surface area contributed by atoms with Gasteiger partial charge in [0.05, 0.1) is 24.2 Å². The van der Waals surface area contributed by atoms with Gasteiger partial charge in [-0.2, -0.15) is 5.26 Å². The third-order valence-electron chi connectivity index (χ3n) is 3.42. The molecule has 0 aromatic heterocycles. The third kappa shape index (κ3) is 5.63. The van der Waals surface area contributed by atoms with E-state index in [0.717, 1.165) is 37.0 Å². The van der Waals surface area contributed by atoms with Crippen molar-refractivity contribution in [2.75, 3.05) is 6.61 Å². The molecule has 0 aliphatic heterocycles. The summed E-state index contributed by atoms with van der Waals surface area (Å²) in [6.45, 7) is 6.55. The molecule has 1 aromatic rings. The molecule has 110 valence electrons. The standard InChI is InChI=1S/C17H25NO2/c1-4-16(19)14-7-9-15(10-8-14)20-12-6-5-11-17(2,3)13-18/h7-10,16,19H,4-6,11-12H2,1-3H3/t16-/m0/s1. The topological polar surface area (TPSA) is 53.2 Å². The molecule has 0 heterocycles. The van der Waals surface area contributed by atoms with E-state index in [9.17, 15) is 5.11 Å². The van der Waals surface area contributed by atoms with E-state index in [1.165, 1.54) is 0 Å². The van der Waals surface area contributed by atoms with Gasteiger partial charge in [0.15, 0.2) is 0 Å². The molecule has 0 spiro atoms. The van der Waals surface area contributed by atoms with Crippen LogP contribution in [0.5, 0.6) is 5.75 Å². The molecule has 3 heteroatoms. The van der Waals surface area contributed by atoms with Crippen LogP contribution in [-0.4, -0.2) is 11.7 Å². The third-order valence-corrected chi connectivity index (χ3v) is 3.42. The highest BCUT2D eigenvalue weighted by Gasteiger charge is 2.15. The summed E-state index contributed by atoms with van der Waals surface area (Å²) in [5.41, 5.74) is 0.688. The zero-order chi connectivity index (χ0) is 15.0. The Morgan fingerprint density at radius 3 is 2.45 bits per heavy atom. The minimum absolute atomic E-state index is 0.238. The molecule has 0 amide bonds. The van der Waals surface area contributed by atoms with Crippen LogP contribution in [0.25, 0.3) is 0 Å². The Hall–Kier alpha value is -1.53. The molecule has 0 radical (unpaired) electrons. The highest BCUT2D eigenvalue weighted by Crippen LogP contribution is 2.22. The lowest BCUT2D eigenvalue weighted by Gasteiger charge is -2.14. The van der Waals surface area contributed by atoms with Crippen molar-refractivity contribution in [1.29, 1.82) is 5.26 Å². The SMILES string of the molecule is CC[C@H](O)c1ccc(OCCCCC(C)(C)C#N)cc1. The summed E-state index contributed by atoms with van der Waals surface area (Å²) in [4.78, 5) is 0. The number of ether oxygens (including phenoxy) is 1. The summed E-state index contributed by atoms with van der Waals surface area (Å²) in [6, 6.07) is 9.91. The Labute approximate surface area is 122 Å². The molecule has 0 bridgehead atoms. The van der Waals surface area contributed by atoms with Crippen LogP contribution in [0.3, 0.4) is 0 Å². The zero-order valence-electron chi connectivity index (χ0n) is 12.7. The largest absolute Gasteiger partial charge is 0.494 e. The molecule has 3 nitrogen and oxygen atoms in total. The molecule has 1 aromatic carbocycles. The molecular weight excluding hydrogens is 250 g/mol. The second-order valence-corrected chi connectivity index (χ2v) is 5.79. The normalized spacial score (nSPS) is 12.8. The van der Waals surface area contributed by atoms with E-state index in [1.807, 2.05) is 45.0 Å². The summed E-state index contributed by atoms with van der Waals surface area (Å²) in [5, 5.41) is 18.6. The summed E-state index contributed by atoms with van der Waals surface area (Å²) in [6.07, 6.45) is 3.17. The number of aliphatic hydroxyl groups is 1. The molecule has 1 rings (SSSR count). The van der Waals surface area contributed by atoms with Crippen LogP contribution in [0.1, 0.15) is 58.1 Å². The molecular formula is C17H25NO2. The van der Waals surface area contributed by atoms with Gasteiger partial charge in [0, 0.05) is 0 Å². The minimum Gasteiger partial charge on any atom is -0.494 e. The van der Waals surface area contributed by atoms with Gasteiger partial charge in [-0.3, -0.25) is 0 Å². The molecule has 0 aliphatic carbocycles. The second kappa shape index (κ2) is 7.91. The van der Waals surface area contributed by atoms with Gasteiger partial charge >= 0.3 is 0 Å². The molecule has 0 fully saturated rings. The summed E-state index contributed by atoms with van der Waals surface area (Å²) in [7, 11) is 0. The van der Waals surface area contributed by atoms with Crippen LogP contribution < -0.4 is 4.74 Å². The van der Waals surface area contributed by atoms with Crippen molar-refractivity contribution in [2.24, 2.45) is 5.41 Å². The number of nitrogens with zero attached hydrogens (tertiary/aromatic N) is 1. The van der Waals surface area contributed by atoms with Crippen molar-refractivity contribution in [3.63, 3.8) is 0 Å². The first-order valence-electron chi connectivity index (χ1n) is 7.30. The highest BCUT2D eigenvalue weighted by atomic mass is 16.5. The highest BCUT2D eigenvalue weighted by molar-refractivity contribution is 5.28. The smallest absolute Gasteiger partial charge is 0.119 e. The van der Waals surface area contributed by atoms with Crippen molar-refractivity contribution in [3.05, 3.63) is 29.8 Å². The number of aliphatic hydroxyl groups excluding tert-OH is 1. The first-order chi connectivity index (χ1) is 9.48. The summed E-state index contributed by atoms with van der Waals surface area (Å²) < 4.78 is 5.66. The average Bonchev–Trinajstić information content (AvgIpc) is 2.46. The molecule has 20 heavy (non-hydrogen) atoms. The van der Waals surface area contributed by atoms with Gasteiger partial charge in [0.2, 0.25) is 0 Å². The summed E-state index contributed by atoms with van der Waals surface area (Å²) >= 11 is 0. The van der Waals surface area contributed by atoms with Gasteiger partial charge in [-0.15, -0.1) is 0 Å². The van der Waals surface area contributed by atoms with Gasteiger partial charge in [0.25, 0.3) is 0 Å². The molecule has 0 saturated carbocycles. The Morgan fingerprint density at radius 2 is 1.90 bits per heavy atom. The Morgan fingerprint density at radius 1 is 1.25 bits per heavy atom. The van der Waals surface area contributed by atoms with Crippen LogP contribution in [0.15, 0.2) is 24.3 Å². The van der Waals surface area contributed by atoms with E-state index >= 15 is 0 Å². The quantitative estimate of drug-likeness (QED) is 0.722. The van der Waals surface area contributed by atoms with Crippen LogP contribution >= 0.6 is 0 Å². The number of nitriles is 1. The van der Waals surface area contributed by atoms with Gasteiger partial charge in [-0.25, -0.2) is 0 Å². The van der Waals surface area contributed by atoms with Gasteiger partial charge in [-0.05, 0) is 57.2 Å². The molecule has 1 atom stereocenters. The number of rotatable bonds is 8. The fourth-order valence-electron chi connectivity index (χ4n) is 1.94. The van der Waals surface area contributed by atoms with E-state index in [4.69, 9.17) is 10.00 Å². The summed E-state index contributed by atoms with van der Waals surface area (Å²) in [5.74, 6) is 0.830. The van der Waals surface area contributed by atoms with Crippen LogP contribution in [0.2, 0.25) is 0 Å². The predicted molar refractivity (Wildman–Crippen MR) is 80.4 cm³/mol. The van der Waals surface area contributed by atoms with E-state index in [1.54, 1.807) is 0 Å². The van der Waals surface area contributed by atoms with Crippen LogP contribution in [0.4, 0.5) is 0 Å². The van der Waals surface area contributed by atoms with E-state index < -0.39 is 6.10 Å². The van der Waals surface area contributed by atoms with Crippen LogP contribution in [0, 0.1) is 16.7 Å². The maximum atomic E-state index is 9.70. The molecule has 0 unspecified atom stereocenters. The number of hydrogen-bond donors (Lipinski definition) is 1. The number of benzene rings is 1. The van der Waals surface area contributed by atoms with E-state index in [0.29, 0.717) is 6.61 Å². The zero-order valence-corrected chi connectivity index (χ0v) is 12.7. The van der Waals surface area contributed by atoms with Crippen molar-refractivity contribution in [3.8, 4) is 11.8 Å². The lowest BCUT2D eigenvalue weighted by atomic mass is 9.89. The average molecular weight is 275 g/mol.